The monoisotopic (exact) mass is 304 g/mol. The lowest BCUT2D eigenvalue weighted by Crippen LogP contribution is -2.43. The van der Waals surface area contributed by atoms with E-state index in [-0.39, 0.29) is 12.1 Å². The van der Waals surface area contributed by atoms with Gasteiger partial charge in [0.15, 0.2) is 0 Å². The molecular formula is C17H24N2OS. The fraction of sp³-hybridized carbons (Fsp3) is 0.588. The van der Waals surface area contributed by atoms with E-state index in [1.165, 1.54) is 10.5 Å². The quantitative estimate of drug-likeness (QED) is 0.865. The SMILES string of the molecule is CCC1(C)NC(c2ccc(SC)cc2)N(C2CC2C)C1=O. The molecule has 4 atom stereocenters. The Balaban J connectivity index is 1.92. The number of nitrogens with one attached hydrogen (secondary N) is 1. The number of hydrogen-bond donors (Lipinski definition) is 1. The Morgan fingerprint density at radius 1 is 1.38 bits per heavy atom. The molecule has 21 heavy (non-hydrogen) atoms. The van der Waals surface area contributed by atoms with Crippen LogP contribution < -0.4 is 5.32 Å². The highest BCUT2D eigenvalue weighted by molar-refractivity contribution is 7.98. The third-order valence-corrected chi connectivity index (χ3v) is 5.75. The summed E-state index contributed by atoms with van der Waals surface area (Å²) in [6.45, 7) is 6.34. The molecule has 1 aliphatic heterocycles. The largest absolute Gasteiger partial charge is 0.318 e. The highest BCUT2D eigenvalue weighted by Crippen LogP contribution is 2.44. The minimum atomic E-state index is -0.425. The van der Waals surface area contributed by atoms with Crippen LogP contribution in [0.2, 0.25) is 0 Å². The van der Waals surface area contributed by atoms with Crippen LogP contribution in [-0.4, -0.2) is 28.6 Å². The summed E-state index contributed by atoms with van der Waals surface area (Å²) in [4.78, 5) is 16.2. The first-order valence-electron chi connectivity index (χ1n) is 7.74. The maximum absolute atomic E-state index is 12.9. The maximum atomic E-state index is 12.9. The lowest BCUT2D eigenvalue weighted by Gasteiger charge is -2.25. The molecule has 0 bridgehead atoms. The van der Waals surface area contributed by atoms with Gasteiger partial charge in [-0.1, -0.05) is 26.0 Å². The first-order chi connectivity index (χ1) is 10.00. The molecular weight excluding hydrogens is 280 g/mol. The summed E-state index contributed by atoms with van der Waals surface area (Å²) >= 11 is 1.74. The number of thioether (sulfide) groups is 1. The normalized spacial score (nSPS) is 35.3. The molecule has 0 spiro atoms. The van der Waals surface area contributed by atoms with Crippen LogP contribution in [0.3, 0.4) is 0 Å². The fourth-order valence-electron chi connectivity index (χ4n) is 3.15. The van der Waals surface area contributed by atoms with Gasteiger partial charge in [0, 0.05) is 10.9 Å². The van der Waals surface area contributed by atoms with Crippen LogP contribution in [0.1, 0.15) is 45.3 Å². The van der Waals surface area contributed by atoms with Gasteiger partial charge in [0.1, 0.15) is 6.17 Å². The summed E-state index contributed by atoms with van der Waals surface area (Å²) in [5, 5.41) is 3.58. The Kier molecular flexibility index (Phi) is 3.78. The third-order valence-electron chi connectivity index (χ3n) is 5.00. The number of nitrogens with zero attached hydrogens (tertiary/aromatic N) is 1. The zero-order valence-electron chi connectivity index (χ0n) is 13.2. The Bertz CT molecular complexity index is 544. The molecule has 4 unspecified atom stereocenters. The number of benzene rings is 1. The number of hydrogen-bond acceptors (Lipinski definition) is 3. The molecule has 1 saturated carbocycles. The van der Waals surface area contributed by atoms with Crippen LogP contribution >= 0.6 is 11.8 Å². The Morgan fingerprint density at radius 2 is 2.00 bits per heavy atom. The highest BCUT2D eigenvalue weighted by Gasteiger charge is 2.54. The van der Waals surface area contributed by atoms with Crippen LogP contribution in [0.25, 0.3) is 0 Å². The summed E-state index contributed by atoms with van der Waals surface area (Å²) in [6, 6.07) is 8.99. The minimum Gasteiger partial charge on any atom is -0.318 e. The average molecular weight is 304 g/mol. The molecule has 1 heterocycles. The molecule has 3 rings (SSSR count). The Morgan fingerprint density at radius 3 is 2.48 bits per heavy atom. The molecule has 3 nitrogen and oxygen atoms in total. The van der Waals surface area contributed by atoms with Crippen LogP contribution in [0.15, 0.2) is 29.2 Å². The van der Waals surface area contributed by atoms with Crippen molar-refractivity contribution in [2.24, 2.45) is 5.92 Å². The molecule has 1 saturated heterocycles. The summed E-state index contributed by atoms with van der Waals surface area (Å²) in [7, 11) is 0. The molecule has 0 aromatic heterocycles. The van der Waals surface area contributed by atoms with Crippen LogP contribution in [0.5, 0.6) is 0 Å². The van der Waals surface area contributed by atoms with Crippen molar-refractivity contribution in [2.45, 2.75) is 56.3 Å². The van der Waals surface area contributed by atoms with Crippen molar-refractivity contribution in [3.05, 3.63) is 29.8 Å². The van der Waals surface area contributed by atoms with E-state index in [0.717, 1.165) is 12.8 Å². The van der Waals surface area contributed by atoms with E-state index in [1.807, 2.05) is 6.92 Å². The first-order valence-corrected chi connectivity index (χ1v) is 8.97. The smallest absolute Gasteiger partial charge is 0.244 e. The standard InChI is InChI=1S/C17H24N2OS/c1-5-17(3)16(20)19(14-10-11(14)2)15(18-17)12-6-8-13(21-4)9-7-12/h6-9,11,14-15,18H,5,10H2,1-4H3. The summed E-state index contributed by atoms with van der Waals surface area (Å²) in [5.41, 5.74) is 0.767. The van der Waals surface area contributed by atoms with Crippen molar-refractivity contribution in [1.29, 1.82) is 0 Å². The van der Waals surface area contributed by atoms with E-state index in [1.54, 1.807) is 11.8 Å². The molecule has 1 aliphatic carbocycles. The molecule has 0 radical (unpaired) electrons. The first kappa shape index (κ1) is 14.9. The van der Waals surface area contributed by atoms with Crippen molar-refractivity contribution in [3.63, 3.8) is 0 Å². The van der Waals surface area contributed by atoms with Gasteiger partial charge >= 0.3 is 0 Å². The van der Waals surface area contributed by atoms with E-state index in [9.17, 15) is 4.79 Å². The second kappa shape index (κ2) is 5.33. The molecule has 1 N–H and O–H groups in total. The topological polar surface area (TPSA) is 32.3 Å². The number of rotatable bonds is 4. The van der Waals surface area contributed by atoms with Crippen molar-refractivity contribution in [3.8, 4) is 0 Å². The predicted octanol–water partition coefficient (Wildman–Crippen LogP) is 3.42. The van der Waals surface area contributed by atoms with Gasteiger partial charge in [-0.25, -0.2) is 0 Å². The lowest BCUT2D eigenvalue weighted by molar-refractivity contribution is -0.133. The van der Waals surface area contributed by atoms with E-state index < -0.39 is 5.54 Å². The van der Waals surface area contributed by atoms with Crippen LogP contribution in [0.4, 0.5) is 0 Å². The zero-order valence-corrected chi connectivity index (χ0v) is 14.0. The van der Waals surface area contributed by atoms with Gasteiger partial charge in [-0.05, 0) is 49.6 Å². The minimum absolute atomic E-state index is 0.0216. The second-order valence-electron chi connectivity index (χ2n) is 6.50. The molecule has 1 amide bonds. The molecule has 2 fully saturated rings. The van der Waals surface area contributed by atoms with Crippen molar-refractivity contribution < 1.29 is 4.79 Å². The fourth-order valence-corrected chi connectivity index (χ4v) is 3.56. The third kappa shape index (κ3) is 2.49. The van der Waals surface area contributed by atoms with Gasteiger partial charge in [0.25, 0.3) is 0 Å². The molecule has 1 aromatic rings. The van der Waals surface area contributed by atoms with Gasteiger partial charge in [-0.3, -0.25) is 10.1 Å². The van der Waals surface area contributed by atoms with Crippen molar-refractivity contribution >= 4 is 17.7 Å². The van der Waals surface area contributed by atoms with Crippen molar-refractivity contribution in [1.82, 2.24) is 10.2 Å². The maximum Gasteiger partial charge on any atom is 0.244 e. The molecule has 4 heteroatoms. The molecule has 2 aliphatic rings. The number of amides is 1. The highest BCUT2D eigenvalue weighted by atomic mass is 32.2. The second-order valence-corrected chi connectivity index (χ2v) is 7.38. The zero-order chi connectivity index (χ0) is 15.2. The summed E-state index contributed by atoms with van der Waals surface area (Å²) < 4.78 is 0. The van der Waals surface area contributed by atoms with Crippen molar-refractivity contribution in [2.75, 3.05) is 6.26 Å². The van der Waals surface area contributed by atoms with Crippen LogP contribution in [-0.2, 0) is 4.79 Å². The van der Waals surface area contributed by atoms with Gasteiger partial charge in [-0.15, -0.1) is 11.8 Å². The van der Waals surface area contributed by atoms with Crippen LogP contribution in [0, 0.1) is 5.92 Å². The van der Waals surface area contributed by atoms with E-state index >= 15 is 0 Å². The summed E-state index contributed by atoms with van der Waals surface area (Å²) in [5.74, 6) is 0.890. The van der Waals surface area contributed by atoms with Gasteiger partial charge in [0.2, 0.25) is 5.91 Å². The van der Waals surface area contributed by atoms with Gasteiger partial charge < -0.3 is 4.90 Å². The van der Waals surface area contributed by atoms with Gasteiger partial charge in [0.05, 0.1) is 5.54 Å². The number of carbonyl (C=O) groups is 1. The van der Waals surface area contributed by atoms with E-state index in [0.29, 0.717) is 12.0 Å². The summed E-state index contributed by atoms with van der Waals surface area (Å²) in [6.07, 6.45) is 4.06. The Labute approximate surface area is 131 Å². The molecule has 1 aromatic carbocycles. The Hall–Kier alpha value is -1.00. The predicted molar refractivity (Wildman–Crippen MR) is 87.2 cm³/mol. The average Bonchev–Trinajstić information content (AvgIpc) is 3.15. The number of carbonyl (C=O) groups excluding carboxylic acids is 1. The van der Waals surface area contributed by atoms with Gasteiger partial charge in [-0.2, -0.15) is 0 Å². The lowest BCUT2D eigenvalue weighted by atomic mass is 9.99. The molecule has 114 valence electrons. The van der Waals surface area contributed by atoms with E-state index in [4.69, 9.17) is 0 Å². The van der Waals surface area contributed by atoms with E-state index in [2.05, 4.69) is 54.6 Å².